The predicted molar refractivity (Wildman–Crippen MR) is 115 cm³/mol. The molecule has 2 aliphatic rings. The fourth-order valence-electron chi connectivity index (χ4n) is 4.33. The maximum atomic E-state index is 11.4. The van der Waals surface area contributed by atoms with Crippen molar-refractivity contribution in [3.8, 4) is 5.75 Å². The topological polar surface area (TPSA) is 62.1 Å². The molecule has 0 radical (unpaired) electrons. The molecule has 29 heavy (non-hydrogen) atoms. The molecule has 1 heterocycles. The highest BCUT2D eigenvalue weighted by atomic mass is 35.5. The van der Waals surface area contributed by atoms with Crippen molar-refractivity contribution in [3.63, 3.8) is 0 Å². The normalized spacial score (nSPS) is 21.6. The zero-order valence-electron chi connectivity index (χ0n) is 16.6. The third kappa shape index (κ3) is 4.10. The minimum absolute atomic E-state index is 0.0860. The second-order valence-corrected chi connectivity index (χ2v) is 8.39. The van der Waals surface area contributed by atoms with Gasteiger partial charge in [0.15, 0.2) is 0 Å². The number of carboxylic acids is 1. The first kappa shape index (κ1) is 19.8. The van der Waals surface area contributed by atoms with Crippen LogP contribution in [0.2, 0.25) is 5.02 Å². The summed E-state index contributed by atoms with van der Waals surface area (Å²) in [5, 5.41) is 16.7. The third-order valence-electron chi connectivity index (χ3n) is 5.92. The van der Waals surface area contributed by atoms with Crippen molar-refractivity contribution < 1.29 is 14.6 Å². The molecule has 152 valence electrons. The number of fused-ring (bicyclic) bond motifs is 1. The van der Waals surface area contributed by atoms with Crippen LogP contribution in [-0.2, 0) is 11.2 Å². The number of carbonyl (C=O) groups is 1. The Bertz CT molecular complexity index is 942. The number of nitrogens with zero attached hydrogens (tertiary/aromatic N) is 2. The van der Waals surface area contributed by atoms with Crippen LogP contribution in [0.15, 0.2) is 47.6 Å². The summed E-state index contributed by atoms with van der Waals surface area (Å²) in [6.45, 7) is 4.35. The van der Waals surface area contributed by atoms with E-state index < -0.39 is 5.97 Å². The van der Waals surface area contributed by atoms with Crippen LogP contribution in [0.25, 0.3) is 0 Å². The zero-order chi connectivity index (χ0) is 20.5. The maximum absolute atomic E-state index is 11.4. The zero-order valence-corrected chi connectivity index (χ0v) is 17.4. The summed E-state index contributed by atoms with van der Waals surface area (Å²) in [5.74, 6) is -0.188. The van der Waals surface area contributed by atoms with Crippen LogP contribution < -0.4 is 9.75 Å². The first-order chi connectivity index (χ1) is 13.9. The molecule has 3 atom stereocenters. The van der Waals surface area contributed by atoms with Gasteiger partial charge in [-0.2, -0.15) is 5.10 Å². The Labute approximate surface area is 175 Å². The van der Waals surface area contributed by atoms with Crippen molar-refractivity contribution >= 4 is 29.0 Å². The van der Waals surface area contributed by atoms with Gasteiger partial charge < -0.3 is 9.84 Å². The molecule has 0 aromatic heterocycles. The van der Waals surface area contributed by atoms with E-state index in [1.54, 1.807) is 6.92 Å². The quantitative estimate of drug-likeness (QED) is 0.714. The Hall–Kier alpha value is -2.53. The second kappa shape index (κ2) is 8.07. The lowest BCUT2D eigenvalue weighted by atomic mass is 9.89. The predicted octanol–water partition coefficient (Wildman–Crippen LogP) is 5.12. The minimum Gasteiger partial charge on any atom is -0.491 e. The number of hydrogen-bond donors (Lipinski definition) is 1. The summed E-state index contributed by atoms with van der Waals surface area (Å²) < 4.78 is 6.12. The molecule has 2 aromatic rings. The molecule has 5 nitrogen and oxygen atoms in total. The highest BCUT2D eigenvalue weighted by Crippen LogP contribution is 2.40. The first-order valence-electron chi connectivity index (χ1n) is 9.99. The number of aliphatic carboxylic acids is 1. The number of hydrazone groups is 1. The molecule has 2 aromatic carbocycles. The van der Waals surface area contributed by atoms with Crippen LogP contribution >= 0.6 is 11.6 Å². The van der Waals surface area contributed by atoms with Crippen molar-refractivity contribution in [2.24, 2.45) is 11.0 Å². The van der Waals surface area contributed by atoms with Gasteiger partial charge in [-0.25, -0.2) is 0 Å². The maximum Gasteiger partial charge on any atom is 0.306 e. The van der Waals surface area contributed by atoms with Crippen molar-refractivity contribution in [1.29, 1.82) is 0 Å². The number of rotatable bonds is 6. The molecule has 1 N–H and O–H groups in total. The van der Waals surface area contributed by atoms with Crippen molar-refractivity contribution in [1.82, 2.24) is 0 Å². The summed E-state index contributed by atoms with van der Waals surface area (Å²) in [6.07, 6.45) is 2.63. The Balaban J connectivity index is 1.44. The van der Waals surface area contributed by atoms with E-state index in [2.05, 4.69) is 11.2 Å². The van der Waals surface area contributed by atoms with E-state index in [-0.39, 0.29) is 17.9 Å². The Morgan fingerprint density at radius 1 is 1.31 bits per heavy atom. The van der Waals surface area contributed by atoms with Gasteiger partial charge in [-0.1, -0.05) is 24.6 Å². The third-order valence-corrected chi connectivity index (χ3v) is 6.17. The van der Waals surface area contributed by atoms with E-state index in [1.165, 1.54) is 5.56 Å². The Morgan fingerprint density at radius 2 is 2.07 bits per heavy atom. The van der Waals surface area contributed by atoms with Gasteiger partial charge in [0.25, 0.3) is 0 Å². The van der Waals surface area contributed by atoms with E-state index in [1.807, 2.05) is 48.3 Å². The van der Waals surface area contributed by atoms with E-state index >= 15 is 0 Å². The highest BCUT2D eigenvalue weighted by molar-refractivity contribution is 6.30. The fraction of sp³-hybridized carbons (Fsp3) is 0.391. The standard InChI is InChI=1S/C23H25ClN2O3/c1-14-11-19(26(25-14)18-6-4-17(24)5-7-18)13-29-20-8-10-22-16(12-20)3-9-21(22)15(2)23(27)28/h4-8,10,12,15,19,21H,3,9,11,13H2,1-2H3,(H,27,28). The average Bonchev–Trinajstić information content (AvgIpc) is 3.29. The first-order valence-corrected chi connectivity index (χ1v) is 10.4. The average molecular weight is 413 g/mol. The molecule has 0 amide bonds. The van der Waals surface area contributed by atoms with Crippen LogP contribution in [0, 0.1) is 5.92 Å². The molecule has 1 aliphatic heterocycles. The molecule has 0 saturated heterocycles. The molecule has 0 saturated carbocycles. The van der Waals surface area contributed by atoms with E-state index in [9.17, 15) is 9.90 Å². The van der Waals surface area contributed by atoms with Gasteiger partial charge in [0, 0.05) is 17.2 Å². The smallest absolute Gasteiger partial charge is 0.306 e. The Kier molecular flexibility index (Phi) is 5.50. The summed E-state index contributed by atoms with van der Waals surface area (Å²) in [5.41, 5.74) is 4.43. The van der Waals surface area contributed by atoms with Gasteiger partial charge in [-0.15, -0.1) is 0 Å². The number of halogens is 1. The summed E-state index contributed by atoms with van der Waals surface area (Å²) in [6, 6.07) is 13.9. The van der Waals surface area contributed by atoms with E-state index in [0.717, 1.165) is 42.0 Å². The number of benzene rings is 2. The Morgan fingerprint density at radius 3 is 2.79 bits per heavy atom. The lowest BCUT2D eigenvalue weighted by molar-refractivity contribution is -0.141. The summed E-state index contributed by atoms with van der Waals surface area (Å²) >= 11 is 6.01. The van der Waals surface area contributed by atoms with Crippen LogP contribution in [0.5, 0.6) is 5.75 Å². The SMILES string of the molecule is CC1=NN(c2ccc(Cl)cc2)C(COc2ccc3c(c2)CCC3C(C)C(=O)O)C1. The minimum atomic E-state index is -0.734. The molecular formula is C23H25ClN2O3. The number of hydrogen-bond acceptors (Lipinski definition) is 4. The molecule has 0 spiro atoms. The van der Waals surface area contributed by atoms with Gasteiger partial charge in [-0.3, -0.25) is 9.80 Å². The molecule has 0 bridgehead atoms. The molecule has 4 rings (SSSR count). The molecule has 1 aliphatic carbocycles. The van der Waals surface area contributed by atoms with Gasteiger partial charge in [-0.05, 0) is 73.2 Å². The second-order valence-electron chi connectivity index (χ2n) is 7.96. The van der Waals surface area contributed by atoms with Gasteiger partial charge in [0.05, 0.1) is 17.6 Å². The summed E-state index contributed by atoms with van der Waals surface area (Å²) in [7, 11) is 0. The van der Waals surface area contributed by atoms with Crippen molar-refractivity contribution in [2.45, 2.75) is 45.1 Å². The molecule has 3 unspecified atom stereocenters. The molecule has 6 heteroatoms. The highest BCUT2D eigenvalue weighted by Gasteiger charge is 2.31. The van der Waals surface area contributed by atoms with Gasteiger partial charge in [0.1, 0.15) is 12.4 Å². The van der Waals surface area contributed by atoms with E-state index in [4.69, 9.17) is 16.3 Å². The number of anilines is 1. The lowest BCUT2D eigenvalue weighted by Gasteiger charge is -2.24. The monoisotopic (exact) mass is 412 g/mol. The van der Waals surface area contributed by atoms with Crippen LogP contribution in [0.1, 0.15) is 43.7 Å². The lowest BCUT2D eigenvalue weighted by Crippen LogP contribution is -2.32. The molecular weight excluding hydrogens is 388 g/mol. The molecule has 0 fully saturated rings. The summed E-state index contributed by atoms with van der Waals surface area (Å²) in [4.78, 5) is 11.4. The van der Waals surface area contributed by atoms with Crippen molar-refractivity contribution in [2.75, 3.05) is 11.6 Å². The van der Waals surface area contributed by atoms with Gasteiger partial charge in [0.2, 0.25) is 0 Å². The van der Waals surface area contributed by atoms with Crippen LogP contribution in [-0.4, -0.2) is 29.4 Å². The number of aryl methyl sites for hydroxylation is 1. The largest absolute Gasteiger partial charge is 0.491 e. The van der Waals surface area contributed by atoms with E-state index in [0.29, 0.717) is 11.6 Å². The van der Waals surface area contributed by atoms with Crippen LogP contribution in [0.4, 0.5) is 5.69 Å². The van der Waals surface area contributed by atoms with Crippen LogP contribution in [0.3, 0.4) is 0 Å². The van der Waals surface area contributed by atoms with Crippen molar-refractivity contribution in [3.05, 3.63) is 58.6 Å². The fourth-order valence-corrected chi connectivity index (χ4v) is 4.45. The number of ether oxygens (including phenoxy) is 1. The number of carboxylic acid groups (broad SMARTS) is 1. The van der Waals surface area contributed by atoms with Gasteiger partial charge >= 0.3 is 5.97 Å².